The van der Waals surface area contributed by atoms with Crippen molar-refractivity contribution in [2.45, 2.75) is 26.2 Å². The van der Waals surface area contributed by atoms with Gasteiger partial charge in [-0.2, -0.15) is 5.26 Å². The van der Waals surface area contributed by atoms with Gasteiger partial charge in [-0.15, -0.1) is 0 Å². The van der Waals surface area contributed by atoms with E-state index in [0.717, 1.165) is 32.4 Å². The zero-order chi connectivity index (χ0) is 14.6. The second-order valence-electron chi connectivity index (χ2n) is 5.14. The van der Waals surface area contributed by atoms with Gasteiger partial charge in [0.05, 0.1) is 16.0 Å². The maximum Gasteiger partial charge on any atom is 0.230 e. The number of carbonyl (C=O) groups excluding carboxylic acids is 1. The summed E-state index contributed by atoms with van der Waals surface area (Å²) >= 11 is 5.89. The molecule has 2 N–H and O–H groups in total. The minimum Gasteiger partial charge on any atom is -0.326 e. The minimum atomic E-state index is -0.308. The highest BCUT2D eigenvalue weighted by Gasteiger charge is 2.37. The van der Waals surface area contributed by atoms with Crippen LogP contribution in [0, 0.1) is 16.7 Å². The van der Waals surface area contributed by atoms with E-state index in [4.69, 9.17) is 16.9 Å². The van der Waals surface area contributed by atoms with Crippen LogP contribution in [0.3, 0.4) is 0 Å². The zero-order valence-electron chi connectivity index (χ0n) is 11.5. The largest absolute Gasteiger partial charge is 0.326 e. The monoisotopic (exact) mass is 291 g/mol. The molecule has 20 heavy (non-hydrogen) atoms. The van der Waals surface area contributed by atoms with Gasteiger partial charge in [0.1, 0.15) is 6.07 Å². The van der Waals surface area contributed by atoms with Crippen LogP contribution in [0.2, 0.25) is 5.02 Å². The Morgan fingerprint density at radius 2 is 2.20 bits per heavy atom. The highest BCUT2D eigenvalue weighted by molar-refractivity contribution is 6.31. The molecule has 0 unspecified atom stereocenters. The summed E-state index contributed by atoms with van der Waals surface area (Å²) in [6.45, 7) is 3.78. The number of carbonyl (C=O) groups is 1. The van der Waals surface area contributed by atoms with E-state index in [-0.39, 0.29) is 11.3 Å². The predicted molar refractivity (Wildman–Crippen MR) is 79.6 cm³/mol. The van der Waals surface area contributed by atoms with Gasteiger partial charge in [-0.3, -0.25) is 4.79 Å². The highest BCUT2D eigenvalue weighted by atomic mass is 35.5. The molecule has 1 aromatic carbocycles. The number of anilines is 1. The lowest BCUT2D eigenvalue weighted by molar-refractivity contribution is -0.127. The van der Waals surface area contributed by atoms with Crippen molar-refractivity contribution in [3.8, 4) is 6.07 Å². The van der Waals surface area contributed by atoms with Crippen LogP contribution in [0.4, 0.5) is 5.69 Å². The number of piperidine rings is 1. The number of halogens is 1. The Hall–Kier alpha value is -1.57. The molecule has 1 fully saturated rings. The van der Waals surface area contributed by atoms with Gasteiger partial charge in [-0.05, 0) is 50.6 Å². The van der Waals surface area contributed by atoms with Crippen molar-refractivity contribution < 1.29 is 4.79 Å². The molecule has 0 aliphatic carbocycles. The van der Waals surface area contributed by atoms with Gasteiger partial charge in [-0.1, -0.05) is 18.5 Å². The van der Waals surface area contributed by atoms with Crippen LogP contribution in [0.15, 0.2) is 18.2 Å². The average molecular weight is 292 g/mol. The van der Waals surface area contributed by atoms with Crippen LogP contribution in [-0.2, 0) is 4.79 Å². The summed E-state index contributed by atoms with van der Waals surface area (Å²) in [6.07, 6.45) is 2.50. The first kappa shape index (κ1) is 14.8. The molecule has 0 spiro atoms. The van der Waals surface area contributed by atoms with E-state index in [1.54, 1.807) is 18.2 Å². The number of nitriles is 1. The molecular weight excluding hydrogens is 274 g/mol. The summed E-state index contributed by atoms with van der Waals surface area (Å²) in [5.74, 6) is 0.0349. The van der Waals surface area contributed by atoms with Gasteiger partial charge >= 0.3 is 0 Å². The number of nitrogens with one attached hydrogen (secondary N) is 2. The Labute approximate surface area is 124 Å². The normalized spacial score (nSPS) is 17.2. The molecule has 1 amide bonds. The van der Waals surface area contributed by atoms with Gasteiger partial charge < -0.3 is 10.6 Å². The average Bonchev–Trinajstić information content (AvgIpc) is 2.49. The smallest absolute Gasteiger partial charge is 0.230 e. The Balaban J connectivity index is 2.16. The standard InChI is InChI=1S/C15H18ClN3O/c1-2-15(5-7-18-8-6-15)14(20)19-12-3-4-13(16)11(9-12)10-17/h3-4,9,18H,2,5-8H2,1H3,(H,19,20). The van der Waals surface area contributed by atoms with E-state index in [2.05, 4.69) is 10.6 Å². The summed E-state index contributed by atoms with van der Waals surface area (Å²) in [5.41, 5.74) is 0.695. The van der Waals surface area contributed by atoms with Crippen molar-refractivity contribution in [2.75, 3.05) is 18.4 Å². The van der Waals surface area contributed by atoms with Gasteiger partial charge in [0.15, 0.2) is 0 Å². The van der Waals surface area contributed by atoms with Crippen molar-refractivity contribution in [1.82, 2.24) is 5.32 Å². The van der Waals surface area contributed by atoms with E-state index < -0.39 is 0 Å². The Bertz CT molecular complexity index is 545. The van der Waals surface area contributed by atoms with E-state index in [9.17, 15) is 4.79 Å². The van der Waals surface area contributed by atoms with Crippen molar-refractivity contribution >= 4 is 23.2 Å². The molecule has 1 heterocycles. The molecule has 0 saturated carbocycles. The summed E-state index contributed by atoms with van der Waals surface area (Å²) in [4.78, 5) is 12.6. The van der Waals surface area contributed by atoms with E-state index in [1.807, 2.05) is 13.0 Å². The molecule has 1 saturated heterocycles. The third kappa shape index (κ3) is 2.95. The number of hydrogen-bond acceptors (Lipinski definition) is 3. The molecule has 0 aromatic heterocycles. The molecular formula is C15H18ClN3O. The van der Waals surface area contributed by atoms with Crippen molar-refractivity contribution in [1.29, 1.82) is 5.26 Å². The fraction of sp³-hybridized carbons (Fsp3) is 0.467. The van der Waals surface area contributed by atoms with Crippen LogP contribution >= 0.6 is 11.6 Å². The van der Waals surface area contributed by atoms with Crippen LogP contribution in [0.1, 0.15) is 31.7 Å². The van der Waals surface area contributed by atoms with Crippen LogP contribution < -0.4 is 10.6 Å². The molecule has 1 aromatic rings. The maximum absolute atomic E-state index is 12.6. The molecule has 1 aliphatic heterocycles. The summed E-state index contributed by atoms with van der Waals surface area (Å²) in [6, 6.07) is 7.00. The zero-order valence-corrected chi connectivity index (χ0v) is 12.3. The van der Waals surface area contributed by atoms with Crippen LogP contribution in [0.25, 0.3) is 0 Å². The summed E-state index contributed by atoms with van der Waals surface area (Å²) < 4.78 is 0. The van der Waals surface area contributed by atoms with Gasteiger partial charge in [0.25, 0.3) is 0 Å². The van der Waals surface area contributed by atoms with E-state index in [1.165, 1.54) is 0 Å². The molecule has 1 aliphatic rings. The van der Waals surface area contributed by atoms with Gasteiger partial charge in [0, 0.05) is 5.69 Å². The molecule has 0 atom stereocenters. The Kier molecular flexibility index (Phi) is 4.64. The summed E-state index contributed by atoms with van der Waals surface area (Å²) in [7, 11) is 0. The van der Waals surface area contributed by atoms with Crippen molar-refractivity contribution in [3.05, 3.63) is 28.8 Å². The second kappa shape index (κ2) is 6.25. The van der Waals surface area contributed by atoms with Crippen molar-refractivity contribution in [2.24, 2.45) is 5.41 Å². The number of amides is 1. The number of benzene rings is 1. The Morgan fingerprint density at radius 1 is 1.50 bits per heavy atom. The fourth-order valence-electron chi connectivity index (χ4n) is 2.60. The lowest BCUT2D eigenvalue weighted by Crippen LogP contribution is -2.44. The first-order chi connectivity index (χ1) is 9.61. The highest BCUT2D eigenvalue weighted by Crippen LogP contribution is 2.34. The molecule has 0 bridgehead atoms. The molecule has 2 rings (SSSR count). The third-order valence-corrected chi connectivity index (χ3v) is 4.39. The predicted octanol–water partition coefficient (Wildman–Crippen LogP) is 2.93. The van der Waals surface area contributed by atoms with E-state index >= 15 is 0 Å². The molecule has 4 nitrogen and oxygen atoms in total. The second-order valence-corrected chi connectivity index (χ2v) is 5.55. The number of rotatable bonds is 3. The van der Waals surface area contributed by atoms with Gasteiger partial charge in [0.2, 0.25) is 5.91 Å². The number of nitrogens with zero attached hydrogens (tertiary/aromatic N) is 1. The summed E-state index contributed by atoms with van der Waals surface area (Å²) in [5, 5.41) is 15.6. The molecule has 5 heteroatoms. The Morgan fingerprint density at radius 3 is 2.80 bits per heavy atom. The first-order valence-corrected chi connectivity index (χ1v) is 7.21. The lowest BCUT2D eigenvalue weighted by atomic mass is 9.76. The SMILES string of the molecule is CCC1(C(=O)Nc2ccc(Cl)c(C#N)c2)CCNCC1. The topological polar surface area (TPSA) is 64.9 Å². The maximum atomic E-state index is 12.6. The lowest BCUT2D eigenvalue weighted by Gasteiger charge is -2.35. The molecule has 106 valence electrons. The van der Waals surface area contributed by atoms with Crippen molar-refractivity contribution in [3.63, 3.8) is 0 Å². The third-order valence-electron chi connectivity index (χ3n) is 4.06. The minimum absolute atomic E-state index is 0.0349. The number of hydrogen-bond donors (Lipinski definition) is 2. The first-order valence-electron chi connectivity index (χ1n) is 6.83. The van der Waals surface area contributed by atoms with Crippen LogP contribution in [-0.4, -0.2) is 19.0 Å². The van der Waals surface area contributed by atoms with Crippen LogP contribution in [0.5, 0.6) is 0 Å². The quantitative estimate of drug-likeness (QED) is 0.900. The van der Waals surface area contributed by atoms with Gasteiger partial charge in [-0.25, -0.2) is 0 Å². The fourth-order valence-corrected chi connectivity index (χ4v) is 2.76. The van der Waals surface area contributed by atoms with E-state index in [0.29, 0.717) is 16.3 Å². The molecule has 0 radical (unpaired) electrons.